The number of aromatic nitrogens is 2. The molecule has 1 heterocycles. The Labute approximate surface area is 119 Å². The summed E-state index contributed by atoms with van der Waals surface area (Å²) in [4.78, 5) is 0. The summed E-state index contributed by atoms with van der Waals surface area (Å²) in [5, 5.41) is 15.0. The van der Waals surface area contributed by atoms with Crippen LogP contribution in [0, 0.1) is 5.92 Å². The maximum absolute atomic E-state index is 10.6. The second kappa shape index (κ2) is 7.29. The van der Waals surface area contributed by atoms with Crippen LogP contribution < -0.4 is 0 Å². The first-order chi connectivity index (χ1) is 8.52. The van der Waals surface area contributed by atoms with Gasteiger partial charge < -0.3 is 5.11 Å². The number of unbranched alkanes of at least 4 members (excludes halogenated alkanes) is 1. The Morgan fingerprint density at radius 3 is 2.56 bits per heavy atom. The van der Waals surface area contributed by atoms with Crippen molar-refractivity contribution in [3.8, 4) is 0 Å². The zero-order valence-electron chi connectivity index (χ0n) is 11.9. The number of hydrogen-bond donors (Lipinski definition) is 1. The smallest absolute Gasteiger partial charge is 0.0996 e. The van der Waals surface area contributed by atoms with E-state index in [4.69, 9.17) is 0 Å². The van der Waals surface area contributed by atoms with Gasteiger partial charge in [0.1, 0.15) is 0 Å². The second-order valence-corrected chi connectivity index (χ2v) is 6.03. The second-order valence-electron chi connectivity index (χ2n) is 5.17. The van der Waals surface area contributed by atoms with Gasteiger partial charge in [0, 0.05) is 6.04 Å². The van der Waals surface area contributed by atoms with Crippen molar-refractivity contribution in [3.05, 3.63) is 16.4 Å². The van der Waals surface area contributed by atoms with E-state index in [1.807, 2.05) is 4.68 Å². The lowest BCUT2D eigenvalue weighted by atomic mass is 9.91. The summed E-state index contributed by atoms with van der Waals surface area (Å²) in [6.07, 6.45) is 5.77. The molecule has 1 N–H and O–H groups in total. The molecular weight excluding hydrogens is 292 g/mol. The van der Waals surface area contributed by atoms with Crippen molar-refractivity contribution in [2.75, 3.05) is 0 Å². The molecule has 0 saturated carbocycles. The fraction of sp³-hybridized carbons (Fsp3) is 0.786. The maximum Gasteiger partial charge on any atom is 0.0996 e. The van der Waals surface area contributed by atoms with Crippen molar-refractivity contribution in [3.63, 3.8) is 0 Å². The minimum Gasteiger partial charge on any atom is -0.386 e. The van der Waals surface area contributed by atoms with E-state index in [0.29, 0.717) is 5.92 Å². The Hall–Kier alpha value is -0.350. The Kier molecular flexibility index (Phi) is 6.36. The summed E-state index contributed by atoms with van der Waals surface area (Å²) >= 11 is 3.51. The van der Waals surface area contributed by atoms with Crippen LogP contribution in [0.15, 0.2) is 10.7 Å². The van der Waals surface area contributed by atoms with Gasteiger partial charge in [0.2, 0.25) is 0 Å². The zero-order chi connectivity index (χ0) is 13.7. The predicted molar refractivity (Wildman–Crippen MR) is 78.6 cm³/mol. The highest BCUT2D eigenvalue weighted by atomic mass is 79.9. The number of halogens is 1. The highest BCUT2D eigenvalue weighted by Crippen LogP contribution is 2.34. The Morgan fingerprint density at radius 1 is 1.39 bits per heavy atom. The van der Waals surface area contributed by atoms with E-state index >= 15 is 0 Å². The van der Waals surface area contributed by atoms with Gasteiger partial charge in [0.15, 0.2) is 0 Å². The molecule has 4 heteroatoms. The minimum absolute atomic E-state index is 0.268. The summed E-state index contributed by atoms with van der Waals surface area (Å²) in [6, 6.07) is 0.268. The van der Waals surface area contributed by atoms with E-state index in [9.17, 15) is 5.11 Å². The largest absolute Gasteiger partial charge is 0.386 e. The maximum atomic E-state index is 10.6. The SMILES string of the molecule is CCCCC(CC)C(O)c1c(Br)cnn1C(C)C. The van der Waals surface area contributed by atoms with Crippen LogP contribution in [0.4, 0.5) is 0 Å². The molecule has 2 atom stereocenters. The topological polar surface area (TPSA) is 38.1 Å². The third-order valence-corrected chi connectivity index (χ3v) is 4.07. The Morgan fingerprint density at radius 2 is 2.06 bits per heavy atom. The highest BCUT2D eigenvalue weighted by molar-refractivity contribution is 9.10. The van der Waals surface area contributed by atoms with Crippen molar-refractivity contribution in [2.24, 2.45) is 5.92 Å². The van der Waals surface area contributed by atoms with E-state index in [0.717, 1.165) is 23.0 Å². The van der Waals surface area contributed by atoms with Gasteiger partial charge in [-0.2, -0.15) is 5.10 Å². The highest BCUT2D eigenvalue weighted by Gasteiger charge is 2.25. The van der Waals surface area contributed by atoms with Crippen LogP contribution in [0.3, 0.4) is 0 Å². The summed E-state index contributed by atoms with van der Waals surface area (Å²) < 4.78 is 2.84. The van der Waals surface area contributed by atoms with Gasteiger partial charge >= 0.3 is 0 Å². The fourth-order valence-corrected chi connectivity index (χ4v) is 2.82. The van der Waals surface area contributed by atoms with Gasteiger partial charge in [0.05, 0.1) is 22.5 Å². The molecule has 1 aromatic heterocycles. The molecule has 0 bridgehead atoms. The molecule has 1 rings (SSSR count). The molecule has 0 aromatic carbocycles. The van der Waals surface area contributed by atoms with E-state index in [1.54, 1.807) is 6.20 Å². The van der Waals surface area contributed by atoms with Gasteiger partial charge in [-0.3, -0.25) is 4.68 Å². The monoisotopic (exact) mass is 316 g/mol. The van der Waals surface area contributed by atoms with E-state index in [-0.39, 0.29) is 6.04 Å². The molecule has 0 amide bonds. The van der Waals surface area contributed by atoms with Gasteiger partial charge in [0.25, 0.3) is 0 Å². The number of hydrogen-bond acceptors (Lipinski definition) is 2. The molecule has 0 radical (unpaired) electrons. The average molecular weight is 317 g/mol. The van der Waals surface area contributed by atoms with Crippen LogP contribution in [0.2, 0.25) is 0 Å². The molecule has 0 aliphatic heterocycles. The lowest BCUT2D eigenvalue weighted by Gasteiger charge is -2.24. The first-order valence-corrected chi connectivity index (χ1v) is 7.73. The van der Waals surface area contributed by atoms with Gasteiger partial charge in [-0.15, -0.1) is 0 Å². The van der Waals surface area contributed by atoms with Crippen LogP contribution in [0.25, 0.3) is 0 Å². The standard InChI is InChI=1S/C14H25BrN2O/c1-5-7-8-11(6-2)14(18)13-12(15)9-16-17(13)10(3)4/h9-11,14,18H,5-8H2,1-4H3. The molecule has 0 fully saturated rings. The summed E-state index contributed by atoms with van der Waals surface area (Å²) in [6.45, 7) is 8.51. The van der Waals surface area contributed by atoms with Gasteiger partial charge in [-0.05, 0) is 42.1 Å². The number of rotatable bonds is 7. The third kappa shape index (κ3) is 3.58. The summed E-state index contributed by atoms with van der Waals surface area (Å²) in [5.41, 5.74) is 0.924. The van der Waals surface area contributed by atoms with E-state index in [2.05, 4.69) is 48.7 Å². The molecule has 1 aromatic rings. The normalized spacial score (nSPS) is 15.1. The molecule has 0 aliphatic carbocycles. The molecule has 18 heavy (non-hydrogen) atoms. The molecule has 2 unspecified atom stereocenters. The first-order valence-electron chi connectivity index (χ1n) is 6.93. The lowest BCUT2D eigenvalue weighted by molar-refractivity contribution is 0.0881. The molecular formula is C14H25BrN2O. The number of aliphatic hydroxyl groups is 1. The number of aliphatic hydroxyl groups excluding tert-OH is 1. The Bertz CT molecular complexity index is 363. The van der Waals surface area contributed by atoms with Crippen LogP contribution in [0.1, 0.15) is 71.2 Å². The van der Waals surface area contributed by atoms with Crippen LogP contribution in [-0.2, 0) is 0 Å². The first kappa shape index (κ1) is 15.7. The predicted octanol–water partition coefficient (Wildman–Crippen LogP) is 4.48. The molecule has 104 valence electrons. The zero-order valence-corrected chi connectivity index (χ0v) is 13.4. The van der Waals surface area contributed by atoms with Crippen molar-refractivity contribution in [1.29, 1.82) is 0 Å². The van der Waals surface area contributed by atoms with Crippen LogP contribution in [0.5, 0.6) is 0 Å². The van der Waals surface area contributed by atoms with E-state index < -0.39 is 6.10 Å². The van der Waals surface area contributed by atoms with Crippen LogP contribution in [-0.4, -0.2) is 14.9 Å². The third-order valence-electron chi connectivity index (χ3n) is 3.46. The summed E-state index contributed by atoms with van der Waals surface area (Å²) in [7, 11) is 0. The molecule has 3 nitrogen and oxygen atoms in total. The van der Waals surface area contributed by atoms with Crippen molar-refractivity contribution < 1.29 is 5.11 Å². The quantitative estimate of drug-likeness (QED) is 0.805. The lowest BCUT2D eigenvalue weighted by Crippen LogP contribution is -2.18. The van der Waals surface area contributed by atoms with Crippen molar-refractivity contribution in [2.45, 2.75) is 65.5 Å². The molecule has 0 spiro atoms. The Balaban J connectivity index is 2.93. The summed E-state index contributed by atoms with van der Waals surface area (Å²) in [5.74, 6) is 0.315. The average Bonchev–Trinajstić information content (AvgIpc) is 2.72. The van der Waals surface area contributed by atoms with Crippen LogP contribution >= 0.6 is 15.9 Å². The fourth-order valence-electron chi connectivity index (χ4n) is 2.31. The number of nitrogens with zero attached hydrogens (tertiary/aromatic N) is 2. The molecule has 0 saturated heterocycles. The van der Waals surface area contributed by atoms with Gasteiger partial charge in [-0.25, -0.2) is 0 Å². The van der Waals surface area contributed by atoms with Crippen molar-refractivity contribution >= 4 is 15.9 Å². The van der Waals surface area contributed by atoms with Crippen molar-refractivity contribution in [1.82, 2.24) is 9.78 Å². The minimum atomic E-state index is -0.430. The van der Waals surface area contributed by atoms with E-state index in [1.165, 1.54) is 12.8 Å². The van der Waals surface area contributed by atoms with Gasteiger partial charge in [-0.1, -0.05) is 33.1 Å². The molecule has 0 aliphatic rings.